The van der Waals surface area contributed by atoms with Crippen LogP contribution in [0.25, 0.3) is 0 Å². The molecule has 4 heteroatoms. The van der Waals surface area contributed by atoms with Crippen molar-refractivity contribution in [1.82, 2.24) is 4.90 Å². The van der Waals surface area contributed by atoms with Crippen LogP contribution in [-0.4, -0.2) is 59.7 Å². The highest BCUT2D eigenvalue weighted by Gasteiger charge is 2.24. The molecule has 0 rings (SSSR count). The first-order valence-electron chi connectivity index (χ1n) is 5.41. The fourth-order valence-electron chi connectivity index (χ4n) is 1.04. The minimum atomic E-state index is -0.511. The number of nitrogens with zero attached hydrogens (tertiary/aromatic N) is 1. The highest BCUT2D eigenvalue weighted by molar-refractivity contribution is 4.79. The fraction of sp³-hybridized carbons (Fsp3) is 1.00. The number of rotatable bonds is 7. The van der Waals surface area contributed by atoms with Crippen LogP contribution in [-0.2, 0) is 4.74 Å². The van der Waals surface area contributed by atoms with Crippen molar-refractivity contribution in [3.05, 3.63) is 0 Å². The number of likely N-dealkylation sites (N-methyl/N-ethyl adjacent to an activating group) is 1. The zero-order valence-electron chi connectivity index (χ0n) is 10.5. The van der Waals surface area contributed by atoms with Gasteiger partial charge >= 0.3 is 0 Å². The topological polar surface area (TPSA) is 52.9 Å². The predicted molar refractivity (Wildman–Crippen MR) is 60.9 cm³/mol. The predicted octanol–water partition coefficient (Wildman–Crippen LogP) is 0.475. The standard InChI is InChI=1S/C11H25NO3/c1-9(2)15-7-10(14)6-12(5)11(3,4)8-13/h9-10,13-14H,6-8H2,1-5H3. The summed E-state index contributed by atoms with van der Waals surface area (Å²) < 4.78 is 5.31. The van der Waals surface area contributed by atoms with Gasteiger partial charge in [-0.15, -0.1) is 0 Å². The first kappa shape index (κ1) is 14.8. The lowest BCUT2D eigenvalue weighted by atomic mass is 10.0. The van der Waals surface area contributed by atoms with E-state index in [9.17, 15) is 5.11 Å². The highest BCUT2D eigenvalue weighted by atomic mass is 16.5. The van der Waals surface area contributed by atoms with Gasteiger partial charge in [-0.2, -0.15) is 0 Å². The van der Waals surface area contributed by atoms with Crippen molar-refractivity contribution in [3.8, 4) is 0 Å². The molecule has 1 unspecified atom stereocenters. The van der Waals surface area contributed by atoms with Gasteiger partial charge in [0.2, 0.25) is 0 Å². The Kier molecular flexibility index (Phi) is 6.36. The third-order valence-electron chi connectivity index (χ3n) is 2.53. The van der Waals surface area contributed by atoms with E-state index < -0.39 is 6.10 Å². The summed E-state index contributed by atoms with van der Waals surface area (Å²) in [6.45, 7) is 8.65. The molecule has 0 aromatic heterocycles. The first-order chi connectivity index (χ1) is 6.79. The Morgan fingerprint density at radius 1 is 1.33 bits per heavy atom. The number of aliphatic hydroxyl groups excluding tert-OH is 2. The molecule has 4 nitrogen and oxygen atoms in total. The molecule has 15 heavy (non-hydrogen) atoms. The van der Waals surface area contributed by atoms with Crippen LogP contribution in [0.15, 0.2) is 0 Å². The summed E-state index contributed by atoms with van der Waals surface area (Å²) in [5, 5.41) is 18.8. The molecule has 0 saturated carbocycles. The normalized spacial score (nSPS) is 15.0. The lowest BCUT2D eigenvalue weighted by molar-refractivity contribution is -0.0248. The molecular weight excluding hydrogens is 194 g/mol. The van der Waals surface area contributed by atoms with Gasteiger partial charge < -0.3 is 14.9 Å². The van der Waals surface area contributed by atoms with Crippen molar-refractivity contribution in [3.63, 3.8) is 0 Å². The van der Waals surface area contributed by atoms with Crippen LogP contribution in [0.3, 0.4) is 0 Å². The minimum Gasteiger partial charge on any atom is -0.394 e. The fourth-order valence-corrected chi connectivity index (χ4v) is 1.04. The molecule has 1 atom stereocenters. The van der Waals surface area contributed by atoms with Gasteiger partial charge in [0, 0.05) is 12.1 Å². The van der Waals surface area contributed by atoms with E-state index in [0.717, 1.165) is 0 Å². The van der Waals surface area contributed by atoms with E-state index in [1.807, 2.05) is 39.6 Å². The molecule has 92 valence electrons. The van der Waals surface area contributed by atoms with Gasteiger partial charge in [-0.3, -0.25) is 4.90 Å². The van der Waals surface area contributed by atoms with E-state index >= 15 is 0 Å². The van der Waals surface area contributed by atoms with Crippen molar-refractivity contribution < 1.29 is 14.9 Å². The van der Waals surface area contributed by atoms with Crippen molar-refractivity contribution >= 4 is 0 Å². The van der Waals surface area contributed by atoms with Crippen molar-refractivity contribution in [2.45, 2.75) is 45.4 Å². The second-order valence-corrected chi connectivity index (χ2v) is 4.89. The van der Waals surface area contributed by atoms with Crippen LogP contribution >= 0.6 is 0 Å². The van der Waals surface area contributed by atoms with E-state index in [2.05, 4.69) is 0 Å². The summed E-state index contributed by atoms with van der Waals surface area (Å²) >= 11 is 0. The maximum Gasteiger partial charge on any atom is 0.0900 e. The van der Waals surface area contributed by atoms with Gasteiger partial charge in [0.15, 0.2) is 0 Å². The third-order valence-corrected chi connectivity index (χ3v) is 2.53. The van der Waals surface area contributed by atoms with Crippen LogP contribution in [0.1, 0.15) is 27.7 Å². The summed E-state index contributed by atoms with van der Waals surface area (Å²) in [5.74, 6) is 0. The number of β-amino-alcohol motifs (C(OH)–C–C–N with tert-alkyl or cyclic N) is 1. The number of ether oxygens (including phenoxy) is 1. The smallest absolute Gasteiger partial charge is 0.0900 e. The quantitative estimate of drug-likeness (QED) is 0.654. The molecule has 0 aromatic rings. The number of aliphatic hydroxyl groups is 2. The molecule has 0 heterocycles. The molecular formula is C11H25NO3. The van der Waals surface area contributed by atoms with Crippen LogP contribution in [0.2, 0.25) is 0 Å². The monoisotopic (exact) mass is 219 g/mol. The van der Waals surface area contributed by atoms with E-state index in [0.29, 0.717) is 13.2 Å². The van der Waals surface area contributed by atoms with E-state index in [1.165, 1.54) is 0 Å². The molecule has 0 bridgehead atoms. The molecule has 0 aliphatic heterocycles. The second-order valence-electron chi connectivity index (χ2n) is 4.89. The number of hydrogen-bond donors (Lipinski definition) is 2. The van der Waals surface area contributed by atoms with Gasteiger partial charge in [-0.25, -0.2) is 0 Å². The van der Waals surface area contributed by atoms with Gasteiger partial charge in [-0.1, -0.05) is 0 Å². The Morgan fingerprint density at radius 3 is 2.27 bits per heavy atom. The summed E-state index contributed by atoms with van der Waals surface area (Å²) in [5.41, 5.74) is -0.307. The maximum absolute atomic E-state index is 9.68. The van der Waals surface area contributed by atoms with Crippen LogP contribution in [0, 0.1) is 0 Å². The molecule has 2 N–H and O–H groups in total. The molecule has 0 radical (unpaired) electrons. The zero-order chi connectivity index (χ0) is 12.1. The Hall–Kier alpha value is -0.160. The van der Waals surface area contributed by atoms with Crippen molar-refractivity contribution in [1.29, 1.82) is 0 Å². The lowest BCUT2D eigenvalue weighted by Crippen LogP contribution is -2.48. The summed E-state index contributed by atoms with van der Waals surface area (Å²) in [6.07, 6.45) is -0.376. The number of hydrogen-bond acceptors (Lipinski definition) is 4. The van der Waals surface area contributed by atoms with Crippen LogP contribution in [0.4, 0.5) is 0 Å². The lowest BCUT2D eigenvalue weighted by Gasteiger charge is -2.35. The van der Waals surface area contributed by atoms with Crippen LogP contribution < -0.4 is 0 Å². The third kappa shape index (κ3) is 6.10. The van der Waals surface area contributed by atoms with E-state index in [1.54, 1.807) is 0 Å². The Morgan fingerprint density at radius 2 is 1.87 bits per heavy atom. The molecule has 0 spiro atoms. The van der Waals surface area contributed by atoms with Crippen molar-refractivity contribution in [2.75, 3.05) is 26.8 Å². The average Bonchev–Trinajstić information content (AvgIpc) is 2.14. The largest absolute Gasteiger partial charge is 0.394 e. The Labute approximate surface area is 92.9 Å². The van der Waals surface area contributed by atoms with E-state index in [-0.39, 0.29) is 18.2 Å². The average molecular weight is 219 g/mol. The highest BCUT2D eigenvalue weighted by Crippen LogP contribution is 2.11. The van der Waals surface area contributed by atoms with E-state index in [4.69, 9.17) is 9.84 Å². The summed E-state index contributed by atoms with van der Waals surface area (Å²) in [7, 11) is 1.88. The zero-order valence-corrected chi connectivity index (χ0v) is 10.5. The molecule has 0 aliphatic rings. The molecule has 0 aromatic carbocycles. The van der Waals surface area contributed by atoms with Gasteiger partial charge in [0.25, 0.3) is 0 Å². The van der Waals surface area contributed by atoms with Crippen LogP contribution in [0.5, 0.6) is 0 Å². The molecule has 0 saturated heterocycles. The summed E-state index contributed by atoms with van der Waals surface area (Å²) in [6, 6.07) is 0. The molecule has 0 aliphatic carbocycles. The summed E-state index contributed by atoms with van der Waals surface area (Å²) in [4.78, 5) is 1.93. The SMILES string of the molecule is CC(C)OCC(O)CN(C)C(C)(C)CO. The van der Waals surface area contributed by atoms with Gasteiger partial charge in [0.1, 0.15) is 0 Å². The van der Waals surface area contributed by atoms with Crippen molar-refractivity contribution in [2.24, 2.45) is 0 Å². The molecule has 0 fully saturated rings. The molecule has 0 amide bonds. The maximum atomic E-state index is 9.68. The van der Waals surface area contributed by atoms with Gasteiger partial charge in [-0.05, 0) is 34.7 Å². The minimum absolute atomic E-state index is 0.0707. The van der Waals surface area contributed by atoms with Gasteiger partial charge in [0.05, 0.1) is 25.4 Å². The Bertz CT molecular complexity index is 171. The Balaban J connectivity index is 3.90. The second kappa shape index (κ2) is 6.43. The first-order valence-corrected chi connectivity index (χ1v) is 5.41.